The fourth-order valence-corrected chi connectivity index (χ4v) is 1.93. The van der Waals surface area contributed by atoms with Gasteiger partial charge in [0, 0.05) is 8.95 Å². The van der Waals surface area contributed by atoms with E-state index in [0.717, 1.165) is 14.6 Å². The van der Waals surface area contributed by atoms with Gasteiger partial charge in [0.05, 0.1) is 5.69 Å². The number of hydrogen-bond donors (Lipinski definition) is 2. The van der Waals surface area contributed by atoms with Crippen LogP contribution in [0.15, 0.2) is 27.1 Å². The summed E-state index contributed by atoms with van der Waals surface area (Å²) in [6.45, 7) is 0. The first-order valence-corrected chi connectivity index (χ1v) is 4.23. The summed E-state index contributed by atoms with van der Waals surface area (Å²) in [4.78, 5) is 0. The van der Waals surface area contributed by atoms with Crippen molar-refractivity contribution in [2.75, 3.05) is 5.43 Å². The summed E-state index contributed by atoms with van der Waals surface area (Å²) in [7, 11) is 0. The van der Waals surface area contributed by atoms with Gasteiger partial charge in [-0.1, -0.05) is 31.9 Å². The molecule has 10 heavy (non-hydrogen) atoms. The van der Waals surface area contributed by atoms with Crippen LogP contribution in [0.25, 0.3) is 0 Å². The summed E-state index contributed by atoms with van der Waals surface area (Å²) < 4.78 is 1.99. The summed E-state index contributed by atoms with van der Waals surface area (Å²) in [5, 5.41) is 0. The maximum Gasteiger partial charge on any atom is 0.0507 e. The van der Waals surface area contributed by atoms with Gasteiger partial charge in [-0.05, 0) is 18.2 Å². The highest BCUT2D eigenvalue weighted by Gasteiger charge is 1.93. The van der Waals surface area contributed by atoms with Crippen molar-refractivity contribution >= 4 is 37.5 Å². The minimum atomic E-state index is 0.876. The molecule has 0 atom stereocenters. The zero-order chi connectivity index (χ0) is 7.56. The molecule has 2 nitrogen and oxygen atoms in total. The van der Waals surface area contributed by atoms with Crippen LogP contribution in [-0.4, -0.2) is 0 Å². The first kappa shape index (κ1) is 8.04. The van der Waals surface area contributed by atoms with Gasteiger partial charge >= 0.3 is 0 Å². The number of rotatable bonds is 1. The van der Waals surface area contributed by atoms with Gasteiger partial charge in [0.1, 0.15) is 0 Å². The van der Waals surface area contributed by atoms with E-state index in [9.17, 15) is 0 Å². The van der Waals surface area contributed by atoms with E-state index >= 15 is 0 Å². The number of nitrogen functional groups attached to an aromatic ring is 1. The largest absolute Gasteiger partial charge is 0.324 e. The van der Waals surface area contributed by atoms with Crippen LogP contribution in [0.2, 0.25) is 0 Å². The molecule has 0 saturated heterocycles. The summed E-state index contributed by atoms with van der Waals surface area (Å²) >= 11 is 6.66. The molecule has 0 fully saturated rings. The predicted molar refractivity (Wildman–Crippen MR) is 49.7 cm³/mol. The highest BCUT2D eigenvalue weighted by atomic mass is 79.9. The average molecular weight is 266 g/mol. The highest BCUT2D eigenvalue weighted by Crippen LogP contribution is 2.22. The maximum atomic E-state index is 5.20. The van der Waals surface area contributed by atoms with Crippen LogP contribution in [0.3, 0.4) is 0 Å². The van der Waals surface area contributed by atoms with Crippen LogP contribution in [0, 0.1) is 0 Å². The van der Waals surface area contributed by atoms with Crippen molar-refractivity contribution in [2.45, 2.75) is 0 Å². The number of benzene rings is 1. The molecule has 0 radical (unpaired) electrons. The number of nitrogens with one attached hydrogen (secondary N) is 1. The predicted octanol–water partition coefficient (Wildman–Crippen LogP) is 2.50. The standard InChI is InChI=1S/C6H6Br2N2/c7-4-1-5(8)3-6(2-4)10-9/h1-3,10H,9H2. The second-order valence-electron chi connectivity index (χ2n) is 1.80. The van der Waals surface area contributed by atoms with Gasteiger partial charge in [-0.15, -0.1) is 0 Å². The molecule has 0 amide bonds. The number of anilines is 1. The van der Waals surface area contributed by atoms with Gasteiger partial charge in [-0.3, -0.25) is 5.84 Å². The van der Waals surface area contributed by atoms with Crippen LogP contribution in [0.4, 0.5) is 5.69 Å². The Morgan fingerprint density at radius 2 is 1.60 bits per heavy atom. The van der Waals surface area contributed by atoms with E-state index < -0.39 is 0 Å². The Kier molecular flexibility index (Phi) is 2.71. The van der Waals surface area contributed by atoms with Crippen molar-refractivity contribution < 1.29 is 0 Å². The Bertz CT molecular complexity index is 217. The molecular formula is C6H6Br2N2. The summed E-state index contributed by atoms with van der Waals surface area (Å²) in [6, 6.07) is 5.73. The lowest BCUT2D eigenvalue weighted by Gasteiger charge is -2.00. The van der Waals surface area contributed by atoms with E-state index in [1.54, 1.807) is 0 Å². The third kappa shape index (κ3) is 1.97. The van der Waals surface area contributed by atoms with Crippen molar-refractivity contribution in [1.82, 2.24) is 0 Å². The normalized spacial score (nSPS) is 9.50. The zero-order valence-electron chi connectivity index (χ0n) is 5.07. The number of hydrazine groups is 1. The fourth-order valence-electron chi connectivity index (χ4n) is 0.637. The lowest BCUT2D eigenvalue weighted by atomic mass is 10.3. The summed E-state index contributed by atoms with van der Waals surface area (Å²) in [5.74, 6) is 5.20. The molecule has 0 heterocycles. The van der Waals surface area contributed by atoms with Crippen LogP contribution >= 0.6 is 31.9 Å². The average Bonchev–Trinajstić information content (AvgIpc) is 1.85. The minimum absolute atomic E-state index is 0.876. The van der Waals surface area contributed by atoms with Crippen LogP contribution in [-0.2, 0) is 0 Å². The molecule has 1 aromatic carbocycles. The maximum absolute atomic E-state index is 5.20. The van der Waals surface area contributed by atoms with Gasteiger partial charge in [-0.2, -0.15) is 0 Å². The molecule has 1 aromatic rings. The third-order valence-electron chi connectivity index (χ3n) is 1.03. The molecular weight excluding hydrogens is 260 g/mol. The lowest BCUT2D eigenvalue weighted by Crippen LogP contribution is -2.06. The molecule has 3 N–H and O–H groups in total. The van der Waals surface area contributed by atoms with Crippen molar-refractivity contribution in [3.8, 4) is 0 Å². The first-order chi connectivity index (χ1) is 4.72. The first-order valence-electron chi connectivity index (χ1n) is 2.65. The monoisotopic (exact) mass is 264 g/mol. The highest BCUT2D eigenvalue weighted by molar-refractivity contribution is 9.11. The molecule has 54 valence electrons. The topological polar surface area (TPSA) is 38.0 Å². The quantitative estimate of drug-likeness (QED) is 0.605. The van der Waals surface area contributed by atoms with Gasteiger partial charge in [0.15, 0.2) is 0 Å². The molecule has 0 saturated carbocycles. The van der Waals surface area contributed by atoms with Gasteiger partial charge in [0.25, 0.3) is 0 Å². The SMILES string of the molecule is NNc1cc(Br)cc(Br)c1. The number of hydrogen-bond acceptors (Lipinski definition) is 2. The molecule has 0 aliphatic rings. The van der Waals surface area contributed by atoms with E-state index in [1.807, 2.05) is 18.2 Å². The molecule has 0 aliphatic carbocycles. The molecule has 0 aromatic heterocycles. The smallest absolute Gasteiger partial charge is 0.0507 e. The summed E-state index contributed by atoms with van der Waals surface area (Å²) in [6.07, 6.45) is 0. The van der Waals surface area contributed by atoms with Crippen LogP contribution < -0.4 is 11.3 Å². The van der Waals surface area contributed by atoms with Crippen LogP contribution in [0.5, 0.6) is 0 Å². The molecule has 0 spiro atoms. The van der Waals surface area contributed by atoms with Gasteiger partial charge in [-0.25, -0.2) is 0 Å². The van der Waals surface area contributed by atoms with Gasteiger partial charge < -0.3 is 5.43 Å². The molecule has 0 aliphatic heterocycles. The van der Waals surface area contributed by atoms with E-state index in [4.69, 9.17) is 5.84 Å². The molecule has 4 heteroatoms. The Hall–Kier alpha value is -0.0600. The van der Waals surface area contributed by atoms with Crippen molar-refractivity contribution in [3.63, 3.8) is 0 Å². The molecule has 1 rings (SSSR count). The second-order valence-corrected chi connectivity index (χ2v) is 3.63. The summed E-state index contributed by atoms with van der Waals surface area (Å²) in [5.41, 5.74) is 3.42. The molecule has 0 bridgehead atoms. The fraction of sp³-hybridized carbons (Fsp3) is 0. The Morgan fingerprint density at radius 1 is 1.10 bits per heavy atom. The third-order valence-corrected chi connectivity index (χ3v) is 1.94. The zero-order valence-corrected chi connectivity index (χ0v) is 8.24. The van der Waals surface area contributed by atoms with Crippen molar-refractivity contribution in [1.29, 1.82) is 0 Å². The lowest BCUT2D eigenvalue weighted by molar-refractivity contribution is 1.34. The Morgan fingerprint density at radius 3 is 2.00 bits per heavy atom. The van der Waals surface area contributed by atoms with E-state index in [-0.39, 0.29) is 0 Å². The van der Waals surface area contributed by atoms with E-state index in [1.165, 1.54) is 0 Å². The van der Waals surface area contributed by atoms with Crippen LogP contribution in [0.1, 0.15) is 0 Å². The Labute approximate surface area is 76.0 Å². The van der Waals surface area contributed by atoms with E-state index in [2.05, 4.69) is 37.3 Å². The van der Waals surface area contributed by atoms with Crippen molar-refractivity contribution in [3.05, 3.63) is 27.1 Å². The van der Waals surface area contributed by atoms with E-state index in [0.29, 0.717) is 0 Å². The van der Waals surface area contributed by atoms with Gasteiger partial charge in [0.2, 0.25) is 0 Å². The minimum Gasteiger partial charge on any atom is -0.324 e. The second kappa shape index (κ2) is 3.37. The van der Waals surface area contributed by atoms with Crippen molar-refractivity contribution in [2.24, 2.45) is 5.84 Å². The Balaban J connectivity index is 3.06. The number of nitrogens with two attached hydrogens (primary N) is 1. The number of halogens is 2. The molecule has 0 unspecified atom stereocenters.